The van der Waals surface area contributed by atoms with Crippen molar-refractivity contribution in [1.29, 1.82) is 0 Å². The van der Waals surface area contributed by atoms with Gasteiger partial charge in [0.1, 0.15) is 5.75 Å². The number of carbonyl (C=O) groups excluding carboxylic acids is 3. The van der Waals surface area contributed by atoms with E-state index in [1.54, 1.807) is 12.1 Å². The van der Waals surface area contributed by atoms with E-state index in [-0.39, 0.29) is 17.0 Å². The minimum Gasteiger partial charge on any atom is -0.482 e. The Morgan fingerprint density at radius 1 is 1.00 bits per heavy atom. The third-order valence-corrected chi connectivity index (χ3v) is 3.49. The van der Waals surface area contributed by atoms with Crippen LogP contribution < -0.4 is 10.1 Å². The molecule has 0 aliphatic rings. The molecule has 0 unspecified atom stereocenters. The van der Waals surface area contributed by atoms with Crippen molar-refractivity contribution in [3.8, 4) is 5.75 Å². The molecule has 2 aromatic carbocycles. The predicted octanol–water partition coefficient (Wildman–Crippen LogP) is 3.05. The first-order valence-electron chi connectivity index (χ1n) is 8.13. The van der Waals surface area contributed by atoms with Crippen LogP contribution in [0.25, 0.3) is 0 Å². The maximum Gasteiger partial charge on any atom is 0.416 e. The summed E-state index contributed by atoms with van der Waals surface area (Å²) in [6, 6.07) is 10.0. The summed E-state index contributed by atoms with van der Waals surface area (Å²) in [7, 11) is 1.19. The smallest absolute Gasteiger partial charge is 0.416 e. The van der Waals surface area contributed by atoms with E-state index in [0.29, 0.717) is 0 Å². The molecule has 7 nitrogen and oxygen atoms in total. The molecule has 154 valence electrons. The third kappa shape index (κ3) is 6.52. The lowest BCUT2D eigenvalue weighted by Crippen LogP contribution is -2.24. The molecule has 1 N–H and O–H groups in total. The predicted molar refractivity (Wildman–Crippen MR) is 94.3 cm³/mol. The highest BCUT2D eigenvalue weighted by molar-refractivity contribution is 6.01. The maximum atomic E-state index is 12.6. The van der Waals surface area contributed by atoms with Crippen molar-refractivity contribution < 1.29 is 41.8 Å². The highest BCUT2D eigenvalue weighted by Crippen LogP contribution is 2.31. The van der Waals surface area contributed by atoms with Crippen LogP contribution in [0.4, 0.5) is 18.9 Å². The number of halogens is 3. The van der Waals surface area contributed by atoms with Crippen molar-refractivity contribution in [3.63, 3.8) is 0 Å². The molecule has 0 aromatic heterocycles. The Hall–Kier alpha value is -3.56. The van der Waals surface area contributed by atoms with E-state index in [1.807, 2.05) is 0 Å². The minimum atomic E-state index is -4.54. The van der Waals surface area contributed by atoms with Crippen LogP contribution in [0.15, 0.2) is 48.5 Å². The van der Waals surface area contributed by atoms with E-state index < -0.39 is 42.8 Å². The lowest BCUT2D eigenvalue weighted by atomic mass is 10.2. The number of methoxy groups -OCH3 is 1. The van der Waals surface area contributed by atoms with Gasteiger partial charge in [0.05, 0.1) is 23.9 Å². The quantitative estimate of drug-likeness (QED) is 0.705. The zero-order valence-electron chi connectivity index (χ0n) is 15.1. The Balaban J connectivity index is 1.84. The molecule has 0 bridgehead atoms. The van der Waals surface area contributed by atoms with Crippen LogP contribution in [0.5, 0.6) is 5.75 Å². The number of rotatable bonds is 7. The molecule has 0 fully saturated rings. The number of para-hydroxylation sites is 1. The zero-order valence-corrected chi connectivity index (χ0v) is 15.1. The van der Waals surface area contributed by atoms with Gasteiger partial charge in [0.15, 0.2) is 13.2 Å². The zero-order chi connectivity index (χ0) is 21.4. The van der Waals surface area contributed by atoms with Gasteiger partial charge in [-0.15, -0.1) is 0 Å². The first kappa shape index (κ1) is 21.7. The number of esters is 2. The lowest BCUT2D eigenvalue weighted by molar-refractivity contribution is -0.149. The molecule has 0 saturated carbocycles. The number of ether oxygens (including phenoxy) is 3. The molecule has 2 rings (SSSR count). The molecule has 0 aliphatic carbocycles. The molecule has 2 aromatic rings. The summed E-state index contributed by atoms with van der Waals surface area (Å²) in [6.45, 7) is -1.37. The van der Waals surface area contributed by atoms with Crippen molar-refractivity contribution in [2.45, 2.75) is 6.18 Å². The molecular formula is C19H16F3NO6. The summed E-state index contributed by atoms with van der Waals surface area (Å²) >= 11 is 0. The first-order valence-corrected chi connectivity index (χ1v) is 8.13. The van der Waals surface area contributed by atoms with Gasteiger partial charge in [0, 0.05) is 0 Å². The number of nitrogens with one attached hydrogen (secondary N) is 1. The molecule has 1 amide bonds. The van der Waals surface area contributed by atoms with Crippen LogP contribution in [0.3, 0.4) is 0 Å². The fraction of sp³-hybridized carbons (Fsp3) is 0.211. The van der Waals surface area contributed by atoms with Crippen LogP contribution in [0, 0.1) is 0 Å². The van der Waals surface area contributed by atoms with Gasteiger partial charge >= 0.3 is 18.1 Å². The van der Waals surface area contributed by atoms with Gasteiger partial charge in [-0.2, -0.15) is 13.2 Å². The third-order valence-electron chi connectivity index (χ3n) is 3.49. The Kier molecular flexibility index (Phi) is 7.18. The standard InChI is InChI=1S/C19H16F3NO6/c1-27-18(26)14-7-2-3-8-15(14)23-16(24)10-29-17(25)11-28-13-6-4-5-12(9-13)19(20,21)22/h2-9H,10-11H2,1H3,(H,23,24). The van der Waals surface area contributed by atoms with Crippen LogP contribution in [0.2, 0.25) is 0 Å². The minimum absolute atomic E-state index is 0.113. The highest BCUT2D eigenvalue weighted by Gasteiger charge is 2.30. The average molecular weight is 411 g/mol. The van der Waals surface area contributed by atoms with Crippen molar-refractivity contribution in [3.05, 3.63) is 59.7 Å². The number of benzene rings is 2. The molecular weight excluding hydrogens is 395 g/mol. The van der Waals surface area contributed by atoms with Crippen LogP contribution in [-0.2, 0) is 25.2 Å². The van der Waals surface area contributed by atoms with E-state index in [9.17, 15) is 27.6 Å². The number of carbonyl (C=O) groups is 3. The fourth-order valence-electron chi connectivity index (χ4n) is 2.16. The molecule has 0 atom stereocenters. The van der Waals surface area contributed by atoms with E-state index >= 15 is 0 Å². The van der Waals surface area contributed by atoms with Gasteiger partial charge in [-0.25, -0.2) is 9.59 Å². The summed E-state index contributed by atoms with van der Waals surface area (Å²) in [5, 5.41) is 2.40. The Bertz CT molecular complexity index is 898. The fourth-order valence-corrected chi connectivity index (χ4v) is 2.16. The van der Waals surface area contributed by atoms with Gasteiger partial charge in [-0.3, -0.25) is 4.79 Å². The van der Waals surface area contributed by atoms with Crippen LogP contribution >= 0.6 is 0 Å². The SMILES string of the molecule is COC(=O)c1ccccc1NC(=O)COC(=O)COc1cccc(C(F)(F)F)c1. The van der Waals surface area contributed by atoms with Crippen molar-refractivity contribution in [1.82, 2.24) is 0 Å². The van der Waals surface area contributed by atoms with Gasteiger partial charge in [0.25, 0.3) is 5.91 Å². The second kappa shape index (κ2) is 9.58. The second-order valence-electron chi connectivity index (χ2n) is 5.56. The normalized spacial score (nSPS) is 10.8. The molecule has 0 heterocycles. The van der Waals surface area contributed by atoms with E-state index in [4.69, 9.17) is 9.47 Å². The number of amides is 1. The lowest BCUT2D eigenvalue weighted by Gasteiger charge is -2.11. The summed E-state index contributed by atoms with van der Waals surface area (Å²) in [4.78, 5) is 35.2. The van der Waals surface area contributed by atoms with Crippen molar-refractivity contribution in [2.75, 3.05) is 25.6 Å². The number of anilines is 1. The Morgan fingerprint density at radius 3 is 2.41 bits per heavy atom. The van der Waals surface area contributed by atoms with E-state index in [2.05, 4.69) is 10.1 Å². The van der Waals surface area contributed by atoms with Gasteiger partial charge in [-0.05, 0) is 30.3 Å². The largest absolute Gasteiger partial charge is 0.482 e. The Labute approximate surface area is 163 Å². The Morgan fingerprint density at radius 2 is 1.72 bits per heavy atom. The van der Waals surface area contributed by atoms with Crippen molar-refractivity contribution in [2.24, 2.45) is 0 Å². The topological polar surface area (TPSA) is 90.9 Å². The summed E-state index contributed by atoms with van der Waals surface area (Å²) < 4.78 is 52.2. The molecule has 0 radical (unpaired) electrons. The molecule has 29 heavy (non-hydrogen) atoms. The number of alkyl halides is 3. The van der Waals surface area contributed by atoms with Crippen LogP contribution in [-0.4, -0.2) is 38.2 Å². The van der Waals surface area contributed by atoms with Gasteiger partial charge < -0.3 is 19.5 Å². The van der Waals surface area contributed by atoms with Gasteiger partial charge in [-0.1, -0.05) is 18.2 Å². The van der Waals surface area contributed by atoms with Gasteiger partial charge in [0.2, 0.25) is 0 Å². The number of hydrogen-bond donors (Lipinski definition) is 1. The second-order valence-corrected chi connectivity index (χ2v) is 5.56. The first-order chi connectivity index (χ1) is 13.7. The maximum absolute atomic E-state index is 12.6. The summed E-state index contributed by atoms with van der Waals surface area (Å²) in [5.41, 5.74) is -0.643. The highest BCUT2D eigenvalue weighted by atomic mass is 19.4. The molecule has 10 heteroatoms. The van der Waals surface area contributed by atoms with E-state index in [0.717, 1.165) is 18.2 Å². The molecule has 0 spiro atoms. The summed E-state index contributed by atoms with van der Waals surface area (Å²) in [5.74, 6) is -2.52. The molecule has 0 aliphatic heterocycles. The van der Waals surface area contributed by atoms with Crippen molar-refractivity contribution >= 4 is 23.5 Å². The monoisotopic (exact) mass is 411 g/mol. The average Bonchev–Trinajstić information content (AvgIpc) is 2.70. The summed E-state index contributed by atoms with van der Waals surface area (Å²) in [6.07, 6.45) is -4.54. The van der Waals surface area contributed by atoms with Crippen LogP contribution in [0.1, 0.15) is 15.9 Å². The van der Waals surface area contributed by atoms with E-state index in [1.165, 1.54) is 25.3 Å². The number of hydrogen-bond acceptors (Lipinski definition) is 6. The molecule has 0 saturated heterocycles.